The average Bonchev–Trinajstić information content (AvgIpc) is 3.30. The van der Waals surface area contributed by atoms with E-state index in [1.54, 1.807) is 9.80 Å². The monoisotopic (exact) mass is 538 g/mol. The molecule has 8 nitrogen and oxygen atoms in total. The highest BCUT2D eigenvalue weighted by Gasteiger charge is 2.54. The van der Waals surface area contributed by atoms with Crippen molar-refractivity contribution >= 4 is 29.4 Å². The lowest BCUT2D eigenvalue weighted by Crippen LogP contribution is -2.67. The fraction of sp³-hybridized carbons (Fsp3) is 0.344. The summed E-state index contributed by atoms with van der Waals surface area (Å²) in [6.45, 7) is 0.822. The van der Waals surface area contributed by atoms with E-state index in [-0.39, 0.29) is 24.7 Å². The molecule has 4 amide bonds. The number of carbonyl (C=O) groups excluding carboxylic acids is 2. The molecule has 3 saturated heterocycles. The molecular formula is C32H34N4O4. The zero-order chi connectivity index (χ0) is 27.6. The number of amides is 4. The average molecular weight is 539 g/mol. The summed E-state index contributed by atoms with van der Waals surface area (Å²) in [4.78, 5) is 48.0. The number of piperidine rings is 1. The van der Waals surface area contributed by atoms with Crippen LogP contribution in [0.3, 0.4) is 0 Å². The number of rotatable bonds is 4. The van der Waals surface area contributed by atoms with Gasteiger partial charge in [-0.3, -0.25) is 4.90 Å². The Kier molecular flexibility index (Phi) is 7.15. The van der Waals surface area contributed by atoms with Crippen LogP contribution in [0.5, 0.6) is 0 Å². The number of anilines is 2. The number of piperazine rings is 1. The topological polar surface area (TPSA) is 84.4 Å². The predicted molar refractivity (Wildman–Crippen MR) is 152 cm³/mol. The number of carboxylic acid groups (broad SMARTS) is 1. The van der Waals surface area contributed by atoms with E-state index < -0.39 is 24.1 Å². The quantitative estimate of drug-likeness (QED) is 0.449. The summed E-state index contributed by atoms with van der Waals surface area (Å²) in [6, 6.07) is 26.1. The smallest absolute Gasteiger partial charge is 0.329 e. The minimum Gasteiger partial charge on any atom is -0.480 e. The van der Waals surface area contributed by atoms with Crippen molar-refractivity contribution in [3.8, 4) is 0 Å². The van der Waals surface area contributed by atoms with Crippen LogP contribution in [0.4, 0.5) is 21.0 Å². The Morgan fingerprint density at radius 3 is 1.93 bits per heavy atom. The molecule has 6 rings (SSSR count). The van der Waals surface area contributed by atoms with Crippen molar-refractivity contribution in [2.45, 2.75) is 56.3 Å². The third kappa shape index (κ3) is 4.68. The van der Waals surface area contributed by atoms with Crippen LogP contribution in [0.15, 0.2) is 91.0 Å². The van der Waals surface area contributed by atoms with Crippen molar-refractivity contribution in [2.24, 2.45) is 0 Å². The second kappa shape index (κ2) is 11.0. The van der Waals surface area contributed by atoms with E-state index in [0.29, 0.717) is 30.8 Å². The number of benzene rings is 3. The molecule has 3 heterocycles. The maximum absolute atomic E-state index is 14.2. The van der Waals surface area contributed by atoms with Crippen molar-refractivity contribution in [3.05, 3.63) is 96.6 Å². The van der Waals surface area contributed by atoms with E-state index in [4.69, 9.17) is 0 Å². The molecule has 3 aliphatic rings. The Labute approximate surface area is 234 Å². The lowest BCUT2D eigenvalue weighted by molar-refractivity contribution is -0.146. The van der Waals surface area contributed by atoms with Crippen molar-refractivity contribution in [1.82, 2.24) is 14.7 Å². The van der Waals surface area contributed by atoms with Gasteiger partial charge in [-0.1, -0.05) is 66.7 Å². The summed E-state index contributed by atoms with van der Waals surface area (Å²) in [7, 11) is 0. The van der Waals surface area contributed by atoms with Gasteiger partial charge in [-0.05, 0) is 61.9 Å². The Bertz CT molecular complexity index is 1310. The number of nitrogens with zero attached hydrogens (tertiary/aromatic N) is 4. The number of urea groups is 2. The van der Waals surface area contributed by atoms with Gasteiger partial charge in [0.25, 0.3) is 0 Å². The molecule has 1 unspecified atom stereocenters. The van der Waals surface area contributed by atoms with Crippen LogP contribution >= 0.6 is 0 Å². The lowest BCUT2D eigenvalue weighted by Gasteiger charge is -2.48. The molecule has 0 aliphatic carbocycles. The Balaban J connectivity index is 1.31. The molecule has 0 saturated carbocycles. The van der Waals surface area contributed by atoms with Crippen LogP contribution in [0, 0.1) is 0 Å². The van der Waals surface area contributed by atoms with Gasteiger partial charge < -0.3 is 19.8 Å². The van der Waals surface area contributed by atoms with Crippen LogP contribution in [0.25, 0.3) is 0 Å². The van der Waals surface area contributed by atoms with Crippen LogP contribution in [0.2, 0.25) is 0 Å². The standard InChI is InChI=1S/C32H34N4O4/c37-30(38)29-28-20-19-26(36(28)31(39)33-21-11-10-18-27(33)23-12-4-1-5-13-23)22-34(29)32(40)35(24-14-6-2-7-15-24)25-16-8-3-9-17-25/h1-9,12-17,26-29H,10-11,18-22H2,(H,37,38)/t26-,27?,28+,29-/m0/s1. The summed E-state index contributed by atoms with van der Waals surface area (Å²) in [5, 5.41) is 10.5. The molecule has 3 aliphatic heterocycles. The largest absolute Gasteiger partial charge is 0.480 e. The molecule has 0 spiro atoms. The van der Waals surface area contributed by atoms with Gasteiger partial charge in [0.05, 0.1) is 29.5 Å². The molecule has 206 valence electrons. The molecule has 3 aromatic rings. The number of likely N-dealkylation sites (tertiary alicyclic amines) is 2. The molecule has 0 radical (unpaired) electrons. The van der Waals surface area contributed by atoms with E-state index in [9.17, 15) is 19.5 Å². The number of fused-ring (bicyclic) bond motifs is 2. The zero-order valence-corrected chi connectivity index (χ0v) is 22.4. The summed E-state index contributed by atoms with van der Waals surface area (Å²) >= 11 is 0. The van der Waals surface area contributed by atoms with Gasteiger partial charge in [-0.25, -0.2) is 14.4 Å². The third-order valence-corrected chi connectivity index (χ3v) is 8.53. The van der Waals surface area contributed by atoms with Gasteiger partial charge in [0, 0.05) is 13.1 Å². The number of para-hydroxylation sites is 2. The van der Waals surface area contributed by atoms with Crippen LogP contribution in [0.1, 0.15) is 43.7 Å². The highest BCUT2D eigenvalue weighted by molar-refractivity contribution is 6.01. The second-order valence-electron chi connectivity index (χ2n) is 10.8. The maximum atomic E-state index is 14.2. The fourth-order valence-electron chi connectivity index (χ4n) is 6.73. The zero-order valence-electron chi connectivity index (χ0n) is 22.4. The Morgan fingerprint density at radius 2 is 1.32 bits per heavy atom. The number of carbonyl (C=O) groups is 3. The van der Waals surface area contributed by atoms with Crippen molar-refractivity contribution in [1.29, 1.82) is 0 Å². The minimum absolute atomic E-state index is 0.0311. The van der Waals surface area contributed by atoms with Gasteiger partial charge >= 0.3 is 18.0 Å². The summed E-state index contributed by atoms with van der Waals surface area (Å²) in [5.74, 6) is -1.09. The molecule has 4 atom stereocenters. The highest BCUT2D eigenvalue weighted by atomic mass is 16.4. The SMILES string of the molecule is O=C(O)[C@@H]1[C@H]2CC[C@@H](CN1C(=O)N(c1ccccc1)c1ccccc1)N2C(=O)N1CCCCC1c1ccccc1. The van der Waals surface area contributed by atoms with Crippen molar-refractivity contribution in [3.63, 3.8) is 0 Å². The van der Waals surface area contributed by atoms with E-state index in [1.165, 1.54) is 4.90 Å². The van der Waals surface area contributed by atoms with E-state index in [2.05, 4.69) is 12.1 Å². The minimum atomic E-state index is -1.13. The normalized spacial score (nSPS) is 24.1. The van der Waals surface area contributed by atoms with Crippen LogP contribution in [-0.4, -0.2) is 69.1 Å². The molecule has 3 aromatic carbocycles. The third-order valence-electron chi connectivity index (χ3n) is 8.53. The molecule has 0 aromatic heterocycles. The molecule has 40 heavy (non-hydrogen) atoms. The fourth-order valence-corrected chi connectivity index (χ4v) is 6.73. The lowest BCUT2D eigenvalue weighted by atomic mass is 9.95. The Hall–Kier alpha value is -4.33. The van der Waals surface area contributed by atoms with Gasteiger partial charge in [0.15, 0.2) is 6.04 Å². The van der Waals surface area contributed by atoms with E-state index in [1.807, 2.05) is 83.8 Å². The highest BCUT2D eigenvalue weighted by Crippen LogP contribution is 2.40. The first kappa shape index (κ1) is 25.9. The summed E-state index contributed by atoms with van der Waals surface area (Å²) in [5.41, 5.74) is 2.42. The molecular weight excluding hydrogens is 504 g/mol. The van der Waals surface area contributed by atoms with Gasteiger partial charge in [-0.2, -0.15) is 0 Å². The second-order valence-corrected chi connectivity index (χ2v) is 10.8. The number of hydrogen-bond donors (Lipinski definition) is 1. The summed E-state index contributed by atoms with van der Waals surface area (Å²) < 4.78 is 0. The first-order valence-corrected chi connectivity index (χ1v) is 14.1. The van der Waals surface area contributed by atoms with Gasteiger partial charge in [0.2, 0.25) is 0 Å². The number of carboxylic acids is 1. The first-order chi connectivity index (χ1) is 19.5. The van der Waals surface area contributed by atoms with E-state index >= 15 is 0 Å². The predicted octanol–water partition coefficient (Wildman–Crippen LogP) is 5.89. The van der Waals surface area contributed by atoms with Crippen molar-refractivity contribution in [2.75, 3.05) is 18.0 Å². The molecule has 8 heteroatoms. The van der Waals surface area contributed by atoms with Crippen molar-refractivity contribution < 1.29 is 19.5 Å². The molecule has 1 N–H and O–H groups in total. The Morgan fingerprint density at radius 1 is 0.725 bits per heavy atom. The van der Waals surface area contributed by atoms with Gasteiger partial charge in [-0.15, -0.1) is 0 Å². The number of aliphatic carboxylic acids is 1. The van der Waals surface area contributed by atoms with E-state index in [0.717, 1.165) is 24.8 Å². The van der Waals surface area contributed by atoms with Crippen LogP contribution in [-0.2, 0) is 4.79 Å². The molecule has 3 fully saturated rings. The molecule has 2 bridgehead atoms. The summed E-state index contributed by atoms with van der Waals surface area (Å²) in [6.07, 6.45) is 4.08. The number of hydrogen-bond acceptors (Lipinski definition) is 3. The van der Waals surface area contributed by atoms with Gasteiger partial charge in [0.1, 0.15) is 0 Å². The maximum Gasteiger partial charge on any atom is 0.329 e. The first-order valence-electron chi connectivity index (χ1n) is 14.1. The van der Waals surface area contributed by atoms with Crippen LogP contribution < -0.4 is 4.90 Å².